The average molecular weight is 250 g/mol. The lowest BCUT2D eigenvalue weighted by Crippen LogP contribution is -2.07. The molecule has 16 heavy (non-hydrogen) atoms. The second-order valence-electron chi connectivity index (χ2n) is 3.14. The number of nitrogens with zero attached hydrogens (tertiary/aromatic N) is 1. The second kappa shape index (κ2) is 3.59. The Balaban J connectivity index is 2.89. The van der Waals surface area contributed by atoms with Gasteiger partial charge in [-0.05, 0) is 18.2 Å². The summed E-state index contributed by atoms with van der Waals surface area (Å²) in [6.07, 6.45) is -3.50. The molecule has 6 heteroatoms. The van der Waals surface area contributed by atoms with Crippen molar-refractivity contribution in [3.8, 4) is 0 Å². The van der Waals surface area contributed by atoms with Crippen LogP contribution in [-0.2, 0) is 6.18 Å². The number of hydrogen-bond acceptors (Lipinski definition) is 1. The zero-order valence-corrected chi connectivity index (χ0v) is 8.40. The molecular weight excluding hydrogens is 246 g/mol. The molecule has 0 spiro atoms. The SMILES string of the molecule is Fc1cc(C(F)(F)F)c2nccc(Cl)c2c1. The molecule has 1 nitrogen and oxygen atoms in total. The molecule has 84 valence electrons. The summed E-state index contributed by atoms with van der Waals surface area (Å²) in [5.41, 5.74) is -1.47. The van der Waals surface area contributed by atoms with Gasteiger partial charge in [-0.3, -0.25) is 4.98 Å². The number of halogens is 5. The summed E-state index contributed by atoms with van der Waals surface area (Å²) in [4.78, 5) is 3.58. The average Bonchev–Trinajstić information content (AvgIpc) is 2.17. The van der Waals surface area contributed by atoms with Gasteiger partial charge in [-0.1, -0.05) is 11.6 Å². The smallest absolute Gasteiger partial charge is 0.256 e. The molecule has 1 aromatic heterocycles. The maximum atomic E-state index is 13.0. The van der Waals surface area contributed by atoms with Gasteiger partial charge >= 0.3 is 6.18 Å². The summed E-state index contributed by atoms with van der Waals surface area (Å²) in [6.45, 7) is 0. The number of pyridine rings is 1. The summed E-state index contributed by atoms with van der Waals surface area (Å²) < 4.78 is 50.8. The van der Waals surface area contributed by atoms with E-state index in [0.717, 1.165) is 12.3 Å². The van der Waals surface area contributed by atoms with E-state index in [0.29, 0.717) is 6.07 Å². The Labute approximate surface area is 92.7 Å². The molecule has 2 aromatic rings. The van der Waals surface area contributed by atoms with Crippen LogP contribution in [0.5, 0.6) is 0 Å². The van der Waals surface area contributed by atoms with Gasteiger partial charge in [0.05, 0.1) is 16.1 Å². The first-order valence-corrected chi connectivity index (χ1v) is 4.58. The van der Waals surface area contributed by atoms with Crippen LogP contribution >= 0.6 is 11.6 Å². The lowest BCUT2D eigenvalue weighted by molar-refractivity contribution is -0.136. The third-order valence-corrected chi connectivity index (χ3v) is 2.39. The normalized spacial score (nSPS) is 12.1. The van der Waals surface area contributed by atoms with E-state index in [1.165, 1.54) is 6.07 Å². The molecule has 0 atom stereocenters. The van der Waals surface area contributed by atoms with E-state index < -0.39 is 17.6 Å². The van der Waals surface area contributed by atoms with Crippen molar-refractivity contribution >= 4 is 22.5 Å². The number of benzene rings is 1. The first kappa shape index (κ1) is 11.1. The van der Waals surface area contributed by atoms with Crippen molar-refractivity contribution in [1.29, 1.82) is 0 Å². The van der Waals surface area contributed by atoms with Crippen molar-refractivity contribution in [3.05, 3.63) is 40.8 Å². The Morgan fingerprint density at radius 1 is 1.19 bits per heavy atom. The summed E-state index contributed by atoms with van der Waals surface area (Å²) in [6, 6.07) is 2.65. The van der Waals surface area contributed by atoms with Crippen molar-refractivity contribution in [2.24, 2.45) is 0 Å². The second-order valence-corrected chi connectivity index (χ2v) is 3.55. The molecule has 0 saturated carbocycles. The molecule has 1 aromatic carbocycles. The highest BCUT2D eigenvalue weighted by Crippen LogP contribution is 2.36. The fourth-order valence-corrected chi connectivity index (χ4v) is 1.60. The monoisotopic (exact) mass is 249 g/mol. The summed E-state index contributed by atoms with van der Waals surface area (Å²) in [5, 5.41) is -0.00788. The van der Waals surface area contributed by atoms with E-state index in [1.54, 1.807) is 0 Å². The molecule has 0 radical (unpaired) electrons. The third-order valence-electron chi connectivity index (χ3n) is 2.06. The molecule has 0 fully saturated rings. The van der Waals surface area contributed by atoms with E-state index in [9.17, 15) is 17.6 Å². The molecule has 0 bridgehead atoms. The number of hydrogen-bond donors (Lipinski definition) is 0. The molecule has 0 unspecified atom stereocenters. The van der Waals surface area contributed by atoms with E-state index in [-0.39, 0.29) is 15.9 Å². The number of rotatable bonds is 0. The first-order valence-electron chi connectivity index (χ1n) is 4.20. The number of alkyl halides is 3. The number of fused-ring (bicyclic) bond motifs is 1. The number of aromatic nitrogens is 1. The van der Waals surface area contributed by atoms with Gasteiger partial charge in [-0.15, -0.1) is 0 Å². The maximum Gasteiger partial charge on any atom is 0.418 e. The van der Waals surface area contributed by atoms with Crippen LogP contribution in [0.1, 0.15) is 5.56 Å². The van der Waals surface area contributed by atoms with Crippen LogP contribution in [0, 0.1) is 5.82 Å². The Morgan fingerprint density at radius 3 is 2.50 bits per heavy atom. The van der Waals surface area contributed by atoms with Crippen molar-refractivity contribution in [2.45, 2.75) is 6.18 Å². The Bertz CT molecular complexity index is 550. The Morgan fingerprint density at radius 2 is 1.88 bits per heavy atom. The van der Waals surface area contributed by atoms with Crippen LogP contribution in [0.2, 0.25) is 5.02 Å². The fraction of sp³-hybridized carbons (Fsp3) is 0.100. The minimum Gasteiger partial charge on any atom is -0.256 e. The largest absolute Gasteiger partial charge is 0.418 e. The van der Waals surface area contributed by atoms with Gasteiger partial charge in [0.1, 0.15) is 5.82 Å². The van der Waals surface area contributed by atoms with Gasteiger partial charge < -0.3 is 0 Å². The predicted octanol–water partition coefficient (Wildman–Crippen LogP) is 4.05. The van der Waals surface area contributed by atoms with E-state index in [2.05, 4.69) is 4.98 Å². The van der Waals surface area contributed by atoms with Gasteiger partial charge in [0, 0.05) is 11.6 Å². The van der Waals surface area contributed by atoms with Crippen LogP contribution in [0.4, 0.5) is 17.6 Å². The van der Waals surface area contributed by atoms with E-state index >= 15 is 0 Å². The summed E-state index contributed by atoms with van der Waals surface area (Å²) >= 11 is 5.68. The van der Waals surface area contributed by atoms with Crippen molar-refractivity contribution in [1.82, 2.24) is 4.98 Å². The van der Waals surface area contributed by atoms with E-state index in [4.69, 9.17) is 11.6 Å². The third kappa shape index (κ3) is 1.82. The van der Waals surface area contributed by atoms with Crippen molar-refractivity contribution in [2.75, 3.05) is 0 Å². The molecule has 2 rings (SSSR count). The predicted molar refractivity (Wildman–Crippen MR) is 51.7 cm³/mol. The van der Waals surface area contributed by atoms with Crippen molar-refractivity contribution < 1.29 is 17.6 Å². The topological polar surface area (TPSA) is 12.9 Å². The highest BCUT2D eigenvalue weighted by Gasteiger charge is 2.34. The highest BCUT2D eigenvalue weighted by atomic mass is 35.5. The van der Waals surface area contributed by atoms with Crippen molar-refractivity contribution in [3.63, 3.8) is 0 Å². The molecular formula is C10H4ClF4N. The molecule has 0 aliphatic rings. The van der Waals surface area contributed by atoms with Gasteiger partial charge in [0.25, 0.3) is 0 Å². The van der Waals surface area contributed by atoms with Crippen LogP contribution in [0.15, 0.2) is 24.4 Å². The minimum absolute atomic E-state index is 0.0370. The van der Waals surface area contributed by atoms with Crippen LogP contribution in [-0.4, -0.2) is 4.98 Å². The lowest BCUT2D eigenvalue weighted by Gasteiger charge is -2.10. The summed E-state index contributed by atoms with van der Waals surface area (Å²) in [7, 11) is 0. The van der Waals surface area contributed by atoms with Gasteiger partial charge in [-0.25, -0.2) is 4.39 Å². The zero-order chi connectivity index (χ0) is 11.9. The maximum absolute atomic E-state index is 13.0. The lowest BCUT2D eigenvalue weighted by atomic mass is 10.1. The fourth-order valence-electron chi connectivity index (χ4n) is 1.40. The minimum atomic E-state index is -4.65. The Kier molecular flexibility index (Phi) is 2.50. The molecule has 0 aliphatic carbocycles. The first-order chi connectivity index (χ1) is 7.39. The van der Waals surface area contributed by atoms with Crippen LogP contribution < -0.4 is 0 Å². The molecule has 0 aliphatic heterocycles. The van der Waals surface area contributed by atoms with Gasteiger partial charge in [0.15, 0.2) is 0 Å². The molecule has 1 heterocycles. The summed E-state index contributed by atoms with van der Waals surface area (Å²) in [5.74, 6) is -0.991. The van der Waals surface area contributed by atoms with E-state index in [1.807, 2.05) is 0 Å². The van der Waals surface area contributed by atoms with Gasteiger partial charge in [0.2, 0.25) is 0 Å². The van der Waals surface area contributed by atoms with Crippen LogP contribution in [0.25, 0.3) is 10.9 Å². The van der Waals surface area contributed by atoms with Crippen LogP contribution in [0.3, 0.4) is 0 Å². The standard InChI is InChI=1S/C10H4ClF4N/c11-8-1-2-16-9-6(8)3-5(12)4-7(9)10(13,14)15/h1-4H. The highest BCUT2D eigenvalue weighted by molar-refractivity contribution is 6.35. The Hall–Kier alpha value is -1.36. The quantitative estimate of drug-likeness (QED) is 0.642. The zero-order valence-electron chi connectivity index (χ0n) is 7.65. The molecule has 0 saturated heterocycles. The molecule has 0 N–H and O–H groups in total. The van der Waals surface area contributed by atoms with Gasteiger partial charge in [-0.2, -0.15) is 13.2 Å². The molecule has 0 amide bonds.